The van der Waals surface area contributed by atoms with Crippen LogP contribution < -0.4 is 10.6 Å². The Morgan fingerprint density at radius 3 is 2.63 bits per heavy atom. The maximum absolute atomic E-state index is 4.93. The van der Waals surface area contributed by atoms with Crippen molar-refractivity contribution in [1.82, 2.24) is 20.4 Å². The summed E-state index contributed by atoms with van der Waals surface area (Å²) in [4.78, 5) is 12.5. The number of likely N-dealkylation sites (N-methyl/N-ethyl adjacent to an activating group) is 1. The van der Waals surface area contributed by atoms with Gasteiger partial charge < -0.3 is 15.5 Å². The van der Waals surface area contributed by atoms with E-state index >= 15 is 0 Å². The third kappa shape index (κ3) is 6.91. The molecule has 1 fully saturated rings. The molecule has 1 aliphatic heterocycles. The lowest BCUT2D eigenvalue weighted by atomic mass is 9.88. The Kier molecular flexibility index (Phi) is 11.1. The van der Waals surface area contributed by atoms with E-state index in [4.69, 9.17) is 4.99 Å². The number of guanidine groups is 1. The van der Waals surface area contributed by atoms with Crippen LogP contribution >= 0.6 is 46.7 Å². The second-order valence-electron chi connectivity index (χ2n) is 7.94. The second kappa shape index (κ2) is 13.0. The van der Waals surface area contributed by atoms with E-state index in [1.807, 2.05) is 11.3 Å². The molecule has 3 atom stereocenters. The number of aliphatic imine (C=N–C) groups is 1. The van der Waals surface area contributed by atoms with Crippen LogP contribution in [-0.4, -0.2) is 63.1 Å². The summed E-state index contributed by atoms with van der Waals surface area (Å²) in [5, 5.41) is 11.4. The summed E-state index contributed by atoms with van der Waals surface area (Å²) in [6.07, 6.45) is 2.52. The van der Waals surface area contributed by atoms with Gasteiger partial charge in [0.2, 0.25) is 0 Å². The van der Waals surface area contributed by atoms with Crippen LogP contribution in [0.2, 0.25) is 0 Å². The lowest BCUT2D eigenvalue weighted by Crippen LogP contribution is -2.45. The molecule has 0 aliphatic carbocycles. The Hall–Kier alpha value is -0.680. The summed E-state index contributed by atoms with van der Waals surface area (Å²) in [7, 11) is 6.52. The molecule has 2 N–H and O–H groups in total. The average molecular weight is 562 g/mol. The molecule has 0 amide bonds. The quantitative estimate of drug-likeness (QED) is 0.280. The summed E-state index contributed by atoms with van der Waals surface area (Å²) in [6.45, 7) is 5.88. The van der Waals surface area contributed by atoms with Gasteiger partial charge in [-0.25, -0.2) is 0 Å². The predicted molar refractivity (Wildman–Crippen MR) is 143 cm³/mol. The maximum Gasteiger partial charge on any atom is 0.191 e. The molecule has 1 saturated heterocycles. The van der Waals surface area contributed by atoms with Crippen LogP contribution in [-0.2, 0) is 0 Å². The summed E-state index contributed by atoms with van der Waals surface area (Å²) < 4.78 is 0. The lowest BCUT2D eigenvalue weighted by molar-refractivity contribution is 0.125. The summed E-state index contributed by atoms with van der Waals surface area (Å²) in [5.41, 5.74) is 0. The van der Waals surface area contributed by atoms with E-state index in [0.29, 0.717) is 18.0 Å². The van der Waals surface area contributed by atoms with Crippen LogP contribution in [0.15, 0.2) is 40.0 Å². The van der Waals surface area contributed by atoms with Gasteiger partial charge in [-0.15, -0.1) is 46.7 Å². The number of halogens is 1. The zero-order valence-corrected chi connectivity index (χ0v) is 22.5. The normalized spacial score (nSPS) is 21.3. The highest BCUT2D eigenvalue weighted by molar-refractivity contribution is 14.0. The molecule has 1 aliphatic rings. The molecule has 3 heterocycles. The van der Waals surface area contributed by atoms with Crippen LogP contribution in [0, 0.1) is 5.92 Å². The zero-order valence-electron chi connectivity index (χ0n) is 18.5. The molecule has 0 radical (unpaired) electrons. The van der Waals surface area contributed by atoms with E-state index in [-0.39, 0.29) is 24.0 Å². The molecule has 0 saturated carbocycles. The Morgan fingerprint density at radius 1 is 1.23 bits per heavy atom. The van der Waals surface area contributed by atoms with Gasteiger partial charge in [-0.1, -0.05) is 12.1 Å². The molecule has 0 spiro atoms. The summed E-state index contributed by atoms with van der Waals surface area (Å²) in [5.74, 6) is 1.52. The van der Waals surface area contributed by atoms with E-state index in [1.54, 1.807) is 11.3 Å². The average Bonchev–Trinajstić information content (AvgIpc) is 3.40. The first-order chi connectivity index (χ1) is 14.1. The van der Waals surface area contributed by atoms with Crippen molar-refractivity contribution in [3.8, 4) is 0 Å². The highest BCUT2D eigenvalue weighted by atomic mass is 127. The van der Waals surface area contributed by atoms with E-state index in [2.05, 4.69) is 83.5 Å². The van der Waals surface area contributed by atoms with Crippen molar-refractivity contribution in [3.63, 3.8) is 0 Å². The molecule has 2 aromatic heterocycles. The molecule has 3 unspecified atom stereocenters. The van der Waals surface area contributed by atoms with Gasteiger partial charge >= 0.3 is 0 Å². The topological polar surface area (TPSA) is 42.9 Å². The van der Waals surface area contributed by atoms with Crippen LogP contribution in [0.5, 0.6) is 0 Å². The van der Waals surface area contributed by atoms with Crippen LogP contribution in [0.3, 0.4) is 0 Å². The number of rotatable bonds is 8. The van der Waals surface area contributed by atoms with Gasteiger partial charge in [0, 0.05) is 28.9 Å². The standard InChI is InChI=1S/C22H35N5S2.HI/c1-5-23-22(25-16-18(26(2)3)19-10-7-13-28-19)24-15-17-9-6-12-27(4)21(17)20-11-8-14-29-20;/h7-8,10-11,13-14,17-18,21H,5-6,9,12,15-16H2,1-4H3,(H2,23,24,25);1H. The molecule has 30 heavy (non-hydrogen) atoms. The fourth-order valence-electron chi connectivity index (χ4n) is 4.12. The van der Waals surface area contributed by atoms with Crippen molar-refractivity contribution < 1.29 is 0 Å². The molecule has 5 nitrogen and oxygen atoms in total. The Balaban J connectivity index is 0.00000320. The van der Waals surface area contributed by atoms with E-state index in [1.165, 1.54) is 29.1 Å². The molecule has 0 aromatic carbocycles. The fraction of sp³-hybridized carbons (Fsp3) is 0.591. The second-order valence-corrected chi connectivity index (χ2v) is 9.90. The SMILES string of the molecule is CCNC(=NCC(c1cccs1)N(C)C)NCC1CCCN(C)C1c1cccs1.I. The first kappa shape index (κ1) is 25.6. The molecule has 2 aromatic rings. The van der Waals surface area contributed by atoms with Crippen LogP contribution in [0.1, 0.15) is 41.6 Å². The van der Waals surface area contributed by atoms with Crippen molar-refractivity contribution in [3.05, 3.63) is 44.8 Å². The molecular weight excluding hydrogens is 525 g/mol. The van der Waals surface area contributed by atoms with E-state index in [9.17, 15) is 0 Å². The van der Waals surface area contributed by atoms with E-state index in [0.717, 1.165) is 25.6 Å². The number of nitrogens with zero attached hydrogens (tertiary/aromatic N) is 3. The van der Waals surface area contributed by atoms with Crippen molar-refractivity contribution >= 4 is 52.6 Å². The minimum absolute atomic E-state index is 0. The van der Waals surface area contributed by atoms with Gasteiger partial charge in [-0.3, -0.25) is 9.89 Å². The van der Waals surface area contributed by atoms with E-state index < -0.39 is 0 Å². The number of nitrogens with one attached hydrogen (secondary N) is 2. The van der Waals surface area contributed by atoms with Crippen LogP contribution in [0.25, 0.3) is 0 Å². The Labute approximate surface area is 207 Å². The van der Waals surface area contributed by atoms with Crippen molar-refractivity contribution in [2.45, 2.75) is 31.8 Å². The monoisotopic (exact) mass is 561 g/mol. The molecular formula is C22H36IN5S2. The maximum atomic E-state index is 4.93. The van der Waals surface area contributed by atoms with Gasteiger partial charge in [0.05, 0.1) is 12.6 Å². The highest BCUT2D eigenvalue weighted by Gasteiger charge is 2.31. The zero-order chi connectivity index (χ0) is 20.6. The Bertz CT molecular complexity index is 733. The molecule has 8 heteroatoms. The highest BCUT2D eigenvalue weighted by Crippen LogP contribution is 2.36. The third-order valence-electron chi connectivity index (χ3n) is 5.64. The molecule has 0 bridgehead atoms. The Morgan fingerprint density at radius 2 is 2.00 bits per heavy atom. The summed E-state index contributed by atoms with van der Waals surface area (Å²) >= 11 is 3.68. The van der Waals surface area contributed by atoms with Crippen LogP contribution in [0.4, 0.5) is 0 Å². The van der Waals surface area contributed by atoms with Crippen molar-refractivity contribution in [2.75, 3.05) is 47.3 Å². The van der Waals surface area contributed by atoms with Gasteiger partial charge in [-0.2, -0.15) is 0 Å². The number of hydrogen-bond acceptors (Lipinski definition) is 5. The fourth-order valence-corrected chi connectivity index (χ4v) is 6.02. The third-order valence-corrected chi connectivity index (χ3v) is 7.55. The number of likely N-dealkylation sites (tertiary alicyclic amines) is 1. The molecule has 168 valence electrons. The largest absolute Gasteiger partial charge is 0.357 e. The first-order valence-corrected chi connectivity index (χ1v) is 12.3. The minimum Gasteiger partial charge on any atom is -0.357 e. The molecule has 3 rings (SSSR count). The number of hydrogen-bond donors (Lipinski definition) is 2. The van der Waals surface area contributed by atoms with Gasteiger partial charge in [0.15, 0.2) is 5.96 Å². The van der Waals surface area contributed by atoms with Gasteiger partial charge in [0.1, 0.15) is 0 Å². The number of thiophene rings is 2. The predicted octanol–water partition coefficient (Wildman–Crippen LogP) is 4.67. The first-order valence-electron chi connectivity index (χ1n) is 10.6. The lowest BCUT2D eigenvalue weighted by Gasteiger charge is -2.39. The summed E-state index contributed by atoms with van der Waals surface area (Å²) in [6, 6.07) is 9.59. The van der Waals surface area contributed by atoms with Crippen molar-refractivity contribution in [1.29, 1.82) is 0 Å². The smallest absolute Gasteiger partial charge is 0.191 e. The number of piperidine rings is 1. The van der Waals surface area contributed by atoms with Gasteiger partial charge in [-0.05, 0) is 76.3 Å². The van der Waals surface area contributed by atoms with Crippen molar-refractivity contribution in [2.24, 2.45) is 10.9 Å². The van der Waals surface area contributed by atoms with Gasteiger partial charge in [0.25, 0.3) is 0 Å². The minimum atomic E-state index is 0.